The molecule has 0 radical (unpaired) electrons. The zero-order valence-electron chi connectivity index (χ0n) is 16.6. The van der Waals surface area contributed by atoms with Crippen molar-refractivity contribution < 1.29 is 4.42 Å². The summed E-state index contributed by atoms with van der Waals surface area (Å²) in [7, 11) is 6.19. The fraction of sp³-hybridized carbons (Fsp3) is 0.750. The van der Waals surface area contributed by atoms with Gasteiger partial charge >= 0.3 is 0 Å². The molecule has 2 N–H and O–H groups in total. The number of guanidine groups is 1. The summed E-state index contributed by atoms with van der Waals surface area (Å²) in [5.74, 6) is 2.75. The summed E-state index contributed by atoms with van der Waals surface area (Å²) in [6.07, 6.45) is 8.37. The predicted molar refractivity (Wildman–Crippen MR) is 106 cm³/mol. The van der Waals surface area contributed by atoms with Crippen LogP contribution in [0.3, 0.4) is 0 Å². The van der Waals surface area contributed by atoms with Gasteiger partial charge in [-0.1, -0.05) is 6.42 Å². The minimum atomic E-state index is 0.261. The molecule has 6 nitrogen and oxygen atoms in total. The van der Waals surface area contributed by atoms with Gasteiger partial charge in [-0.2, -0.15) is 0 Å². The van der Waals surface area contributed by atoms with Gasteiger partial charge in [0.05, 0.1) is 12.3 Å². The largest absolute Gasteiger partial charge is 0.468 e. The summed E-state index contributed by atoms with van der Waals surface area (Å²) in [5, 5.41) is 7.05. The number of likely N-dealkylation sites (N-methyl/N-ethyl adjacent to an activating group) is 1. The Bertz CT molecular complexity index is 545. The Morgan fingerprint density at radius 1 is 1.23 bits per heavy atom. The van der Waals surface area contributed by atoms with Crippen LogP contribution in [-0.4, -0.2) is 69.1 Å². The second-order valence-corrected chi connectivity index (χ2v) is 7.83. The lowest BCUT2D eigenvalue weighted by molar-refractivity contribution is 0.146. The van der Waals surface area contributed by atoms with Crippen LogP contribution in [0.4, 0.5) is 0 Å². The fourth-order valence-corrected chi connectivity index (χ4v) is 3.99. The fourth-order valence-electron chi connectivity index (χ4n) is 3.99. The zero-order chi connectivity index (χ0) is 18.4. The van der Waals surface area contributed by atoms with E-state index in [1.54, 1.807) is 6.26 Å². The summed E-state index contributed by atoms with van der Waals surface area (Å²) >= 11 is 0. The van der Waals surface area contributed by atoms with E-state index in [0.717, 1.165) is 43.8 Å². The van der Waals surface area contributed by atoms with Crippen LogP contribution >= 0.6 is 0 Å². The number of rotatable bonds is 8. The van der Waals surface area contributed by atoms with Gasteiger partial charge in [0.1, 0.15) is 5.76 Å². The predicted octanol–water partition coefficient (Wildman–Crippen LogP) is 2.31. The van der Waals surface area contributed by atoms with Gasteiger partial charge in [0.15, 0.2) is 5.96 Å². The van der Waals surface area contributed by atoms with Crippen molar-refractivity contribution in [1.82, 2.24) is 20.4 Å². The molecule has 26 heavy (non-hydrogen) atoms. The van der Waals surface area contributed by atoms with Gasteiger partial charge in [0.25, 0.3) is 0 Å². The molecular weight excluding hydrogens is 326 g/mol. The van der Waals surface area contributed by atoms with Crippen LogP contribution in [0.25, 0.3) is 0 Å². The average Bonchev–Trinajstić information content (AvgIpc) is 3.34. The Balaban J connectivity index is 1.54. The quantitative estimate of drug-likeness (QED) is 0.550. The Labute approximate surface area is 158 Å². The monoisotopic (exact) mass is 361 g/mol. The molecule has 3 rings (SSSR count). The van der Waals surface area contributed by atoms with Crippen LogP contribution in [0.15, 0.2) is 27.8 Å². The van der Waals surface area contributed by atoms with Crippen LogP contribution in [-0.2, 0) is 0 Å². The lowest BCUT2D eigenvalue weighted by atomic mass is 10.1. The van der Waals surface area contributed by atoms with Crippen LogP contribution in [0.5, 0.6) is 0 Å². The molecule has 0 amide bonds. The van der Waals surface area contributed by atoms with E-state index in [2.05, 4.69) is 45.6 Å². The van der Waals surface area contributed by atoms with Crippen molar-refractivity contribution in [2.24, 2.45) is 10.9 Å². The van der Waals surface area contributed by atoms with Crippen LogP contribution < -0.4 is 10.6 Å². The highest BCUT2D eigenvalue weighted by molar-refractivity contribution is 5.79. The van der Waals surface area contributed by atoms with Gasteiger partial charge in [-0.05, 0) is 70.9 Å². The van der Waals surface area contributed by atoms with Crippen molar-refractivity contribution in [2.75, 3.05) is 47.3 Å². The van der Waals surface area contributed by atoms with E-state index in [-0.39, 0.29) is 6.04 Å². The van der Waals surface area contributed by atoms with E-state index < -0.39 is 0 Å². The maximum absolute atomic E-state index is 5.74. The summed E-state index contributed by atoms with van der Waals surface area (Å²) in [5.41, 5.74) is 0. The minimum absolute atomic E-state index is 0.261. The average molecular weight is 362 g/mol. The second kappa shape index (κ2) is 9.42. The van der Waals surface area contributed by atoms with Crippen LogP contribution in [0.2, 0.25) is 0 Å². The highest BCUT2D eigenvalue weighted by atomic mass is 16.3. The SMILES string of the molecule is CN=C(NCC(C1CC1)N(C)C)NCC(c1ccco1)N1CCCCC1. The topological polar surface area (TPSA) is 56.0 Å². The van der Waals surface area contributed by atoms with E-state index in [4.69, 9.17) is 4.42 Å². The smallest absolute Gasteiger partial charge is 0.191 e. The van der Waals surface area contributed by atoms with Gasteiger partial charge in [-0.15, -0.1) is 0 Å². The summed E-state index contributed by atoms with van der Waals surface area (Å²) < 4.78 is 5.74. The normalized spacial score (nSPS) is 21.6. The standard InChI is InChI=1S/C20H35N5O/c1-21-20(22-14-17(24(2)3)16-9-10-16)23-15-18(19-8-7-13-26-19)25-11-5-4-6-12-25/h7-8,13,16-18H,4-6,9-12,14-15H2,1-3H3,(H2,21,22,23). The molecule has 1 saturated heterocycles. The van der Waals surface area contributed by atoms with Crippen molar-refractivity contribution in [2.45, 2.75) is 44.2 Å². The van der Waals surface area contributed by atoms with E-state index in [0.29, 0.717) is 6.04 Å². The highest BCUT2D eigenvalue weighted by Crippen LogP contribution is 2.34. The van der Waals surface area contributed by atoms with Gasteiger partial charge in [0, 0.05) is 26.2 Å². The van der Waals surface area contributed by atoms with Gasteiger partial charge in [-0.25, -0.2) is 0 Å². The maximum Gasteiger partial charge on any atom is 0.191 e. The Hall–Kier alpha value is -1.53. The van der Waals surface area contributed by atoms with Gasteiger partial charge in [-0.3, -0.25) is 9.89 Å². The minimum Gasteiger partial charge on any atom is -0.468 e. The number of likely N-dealkylation sites (tertiary alicyclic amines) is 1. The molecule has 2 aliphatic rings. The van der Waals surface area contributed by atoms with E-state index in [9.17, 15) is 0 Å². The molecule has 0 bridgehead atoms. The number of piperidine rings is 1. The molecule has 2 atom stereocenters. The van der Waals surface area contributed by atoms with Crippen molar-refractivity contribution in [3.63, 3.8) is 0 Å². The zero-order valence-corrected chi connectivity index (χ0v) is 16.6. The van der Waals surface area contributed by atoms with Crippen LogP contribution in [0, 0.1) is 5.92 Å². The first-order valence-electron chi connectivity index (χ1n) is 10.1. The van der Waals surface area contributed by atoms with Gasteiger partial charge in [0.2, 0.25) is 0 Å². The first-order valence-corrected chi connectivity index (χ1v) is 10.1. The molecule has 2 fully saturated rings. The van der Waals surface area contributed by atoms with E-state index in [1.807, 2.05) is 13.1 Å². The molecule has 0 spiro atoms. The molecule has 1 aliphatic heterocycles. The molecule has 6 heteroatoms. The molecule has 146 valence electrons. The molecule has 1 saturated carbocycles. The van der Waals surface area contributed by atoms with E-state index in [1.165, 1.54) is 32.1 Å². The van der Waals surface area contributed by atoms with Crippen molar-refractivity contribution >= 4 is 5.96 Å². The third-order valence-corrected chi connectivity index (χ3v) is 5.70. The summed E-state index contributed by atoms with van der Waals surface area (Å²) in [6, 6.07) is 4.91. The number of hydrogen-bond acceptors (Lipinski definition) is 4. The molecule has 0 aromatic carbocycles. The van der Waals surface area contributed by atoms with E-state index >= 15 is 0 Å². The third kappa shape index (κ3) is 5.24. The molecule has 2 unspecified atom stereocenters. The highest BCUT2D eigenvalue weighted by Gasteiger charge is 2.32. The molecule has 1 aromatic rings. The Kier molecular flexibility index (Phi) is 6.97. The first-order chi connectivity index (χ1) is 12.7. The lowest BCUT2D eigenvalue weighted by Crippen LogP contribution is -2.48. The Morgan fingerprint density at radius 3 is 2.54 bits per heavy atom. The lowest BCUT2D eigenvalue weighted by Gasteiger charge is -2.34. The number of nitrogens with zero attached hydrogens (tertiary/aromatic N) is 3. The number of furan rings is 1. The Morgan fingerprint density at radius 2 is 1.96 bits per heavy atom. The third-order valence-electron chi connectivity index (χ3n) is 5.70. The summed E-state index contributed by atoms with van der Waals surface area (Å²) in [6.45, 7) is 4.03. The number of nitrogens with one attached hydrogen (secondary N) is 2. The maximum atomic E-state index is 5.74. The first kappa shape index (κ1) is 19.2. The van der Waals surface area contributed by atoms with Crippen molar-refractivity contribution in [1.29, 1.82) is 0 Å². The van der Waals surface area contributed by atoms with Crippen LogP contribution in [0.1, 0.15) is 43.9 Å². The van der Waals surface area contributed by atoms with Crippen molar-refractivity contribution in [3.8, 4) is 0 Å². The summed E-state index contributed by atoms with van der Waals surface area (Å²) in [4.78, 5) is 9.29. The van der Waals surface area contributed by atoms with Crippen molar-refractivity contribution in [3.05, 3.63) is 24.2 Å². The number of aliphatic imine (C=N–C) groups is 1. The molecule has 1 aliphatic carbocycles. The molecular formula is C20H35N5O. The molecule has 2 heterocycles. The second-order valence-electron chi connectivity index (χ2n) is 7.83. The van der Waals surface area contributed by atoms with Gasteiger partial charge < -0.3 is 20.0 Å². The number of hydrogen-bond donors (Lipinski definition) is 2. The molecule has 1 aromatic heterocycles.